The number of hydrogen-bond acceptors (Lipinski definition) is 6. The lowest BCUT2D eigenvalue weighted by atomic mass is 10.2. The summed E-state index contributed by atoms with van der Waals surface area (Å²) in [6, 6.07) is 11.6. The number of amides is 2. The van der Waals surface area contributed by atoms with E-state index >= 15 is 0 Å². The van der Waals surface area contributed by atoms with Crippen LogP contribution in [0.25, 0.3) is 0 Å². The summed E-state index contributed by atoms with van der Waals surface area (Å²) in [5.74, 6) is -1.31. The van der Waals surface area contributed by atoms with Crippen molar-refractivity contribution in [3.63, 3.8) is 0 Å². The second-order valence-electron chi connectivity index (χ2n) is 5.97. The van der Waals surface area contributed by atoms with Gasteiger partial charge in [0.1, 0.15) is 11.5 Å². The van der Waals surface area contributed by atoms with Crippen molar-refractivity contribution in [1.29, 1.82) is 0 Å². The molecule has 0 bridgehead atoms. The molecule has 28 heavy (non-hydrogen) atoms. The van der Waals surface area contributed by atoms with Crippen LogP contribution in [0, 0.1) is 6.92 Å². The van der Waals surface area contributed by atoms with E-state index in [4.69, 9.17) is 19.9 Å². The minimum atomic E-state index is -1.06. The monoisotopic (exact) mass is 386 g/mol. The molecule has 148 valence electrons. The maximum Gasteiger partial charge on any atom is 0.344 e. The van der Waals surface area contributed by atoms with Gasteiger partial charge in [0.25, 0.3) is 11.8 Å². The van der Waals surface area contributed by atoms with Gasteiger partial charge in [0.2, 0.25) is 0 Å². The number of para-hydroxylation sites is 1. The third-order valence-corrected chi connectivity index (χ3v) is 3.79. The number of hydrogen-bond donors (Lipinski definition) is 2. The van der Waals surface area contributed by atoms with Gasteiger partial charge in [-0.25, -0.2) is 4.79 Å². The lowest BCUT2D eigenvalue weighted by Crippen LogP contribution is -2.32. The molecule has 0 saturated heterocycles. The van der Waals surface area contributed by atoms with Crippen molar-refractivity contribution in [3.8, 4) is 11.5 Å². The third kappa shape index (κ3) is 5.47. The molecule has 2 aromatic carbocycles. The average Bonchev–Trinajstić information content (AvgIpc) is 2.66. The highest BCUT2D eigenvalue weighted by Gasteiger charge is 2.20. The lowest BCUT2D eigenvalue weighted by molar-refractivity contribution is -0.155. The Morgan fingerprint density at radius 1 is 1.11 bits per heavy atom. The van der Waals surface area contributed by atoms with Gasteiger partial charge in [-0.1, -0.05) is 18.2 Å². The molecule has 1 atom stereocenters. The zero-order valence-corrected chi connectivity index (χ0v) is 15.9. The fraction of sp³-hybridized carbons (Fsp3) is 0.250. The van der Waals surface area contributed by atoms with Crippen LogP contribution in [0.5, 0.6) is 11.5 Å². The largest absolute Gasteiger partial charge is 0.495 e. The predicted molar refractivity (Wildman–Crippen MR) is 102 cm³/mol. The number of aryl methyl sites for hydroxylation is 1. The smallest absolute Gasteiger partial charge is 0.344 e. The number of nitrogens with two attached hydrogens (primary N) is 1. The molecular formula is C20H22N2O6. The van der Waals surface area contributed by atoms with Gasteiger partial charge in [-0.15, -0.1) is 0 Å². The zero-order valence-electron chi connectivity index (χ0n) is 15.9. The Hall–Kier alpha value is -3.55. The number of benzene rings is 2. The summed E-state index contributed by atoms with van der Waals surface area (Å²) in [5.41, 5.74) is 6.80. The van der Waals surface area contributed by atoms with E-state index in [1.165, 1.54) is 26.2 Å². The van der Waals surface area contributed by atoms with Crippen molar-refractivity contribution in [1.82, 2.24) is 0 Å². The molecule has 0 spiro atoms. The van der Waals surface area contributed by atoms with Gasteiger partial charge in [-0.2, -0.15) is 0 Å². The molecule has 2 rings (SSSR count). The van der Waals surface area contributed by atoms with Crippen LogP contribution < -0.4 is 20.5 Å². The molecule has 0 aliphatic rings. The quantitative estimate of drug-likeness (QED) is 0.671. The molecule has 0 aliphatic carbocycles. The van der Waals surface area contributed by atoms with Crippen LogP contribution in [-0.4, -0.2) is 37.6 Å². The summed E-state index contributed by atoms with van der Waals surface area (Å²) in [6.07, 6.45) is -1.06. The summed E-state index contributed by atoms with van der Waals surface area (Å²) in [4.78, 5) is 35.6. The van der Waals surface area contributed by atoms with Crippen LogP contribution in [0.15, 0.2) is 42.5 Å². The normalized spacial score (nSPS) is 11.2. The number of nitrogens with one attached hydrogen (secondary N) is 1. The first kappa shape index (κ1) is 20.8. The highest BCUT2D eigenvalue weighted by molar-refractivity contribution is 5.97. The van der Waals surface area contributed by atoms with E-state index < -0.39 is 30.5 Å². The molecule has 0 radical (unpaired) electrons. The van der Waals surface area contributed by atoms with Crippen molar-refractivity contribution in [3.05, 3.63) is 53.6 Å². The predicted octanol–water partition coefficient (Wildman–Crippen LogP) is 2.05. The first-order valence-corrected chi connectivity index (χ1v) is 8.48. The van der Waals surface area contributed by atoms with Crippen molar-refractivity contribution in [2.45, 2.75) is 20.0 Å². The van der Waals surface area contributed by atoms with Crippen LogP contribution in [0.3, 0.4) is 0 Å². The Balaban J connectivity index is 1.93. The van der Waals surface area contributed by atoms with Crippen LogP contribution in [0.1, 0.15) is 22.8 Å². The number of rotatable bonds is 8. The molecule has 8 heteroatoms. The molecule has 0 fully saturated rings. The number of carbonyl (C=O) groups is 3. The number of primary amides is 1. The maximum absolute atomic E-state index is 12.3. The number of methoxy groups -OCH3 is 1. The van der Waals surface area contributed by atoms with E-state index in [0.29, 0.717) is 11.4 Å². The summed E-state index contributed by atoms with van der Waals surface area (Å²) < 4.78 is 15.6. The summed E-state index contributed by atoms with van der Waals surface area (Å²) in [6.45, 7) is 2.84. The molecule has 2 amide bonds. The van der Waals surface area contributed by atoms with E-state index in [9.17, 15) is 14.4 Å². The van der Waals surface area contributed by atoms with Crippen molar-refractivity contribution >= 4 is 23.5 Å². The van der Waals surface area contributed by atoms with E-state index in [0.717, 1.165) is 5.56 Å². The minimum Gasteiger partial charge on any atom is -0.495 e. The van der Waals surface area contributed by atoms with E-state index in [1.54, 1.807) is 24.3 Å². The second kappa shape index (κ2) is 9.40. The fourth-order valence-electron chi connectivity index (χ4n) is 2.37. The number of anilines is 1. The van der Waals surface area contributed by atoms with Gasteiger partial charge >= 0.3 is 5.97 Å². The third-order valence-electron chi connectivity index (χ3n) is 3.79. The Kier molecular flexibility index (Phi) is 6.97. The highest BCUT2D eigenvalue weighted by Crippen LogP contribution is 2.25. The number of ether oxygens (including phenoxy) is 3. The number of esters is 1. The van der Waals surface area contributed by atoms with Crippen LogP contribution in [0.4, 0.5) is 5.69 Å². The first-order valence-electron chi connectivity index (χ1n) is 8.48. The molecule has 0 heterocycles. The van der Waals surface area contributed by atoms with Gasteiger partial charge in [0, 0.05) is 0 Å². The van der Waals surface area contributed by atoms with Gasteiger partial charge < -0.3 is 25.3 Å². The highest BCUT2D eigenvalue weighted by atomic mass is 16.6. The zero-order chi connectivity index (χ0) is 20.7. The average molecular weight is 386 g/mol. The summed E-state index contributed by atoms with van der Waals surface area (Å²) in [5, 5.41) is 2.66. The standard InChI is InChI=1S/C20H22N2O6/c1-12-8-9-17(26-3)15(10-12)22-20(25)13(2)28-18(23)11-27-16-7-5-4-6-14(16)19(21)24/h4-10,13H,11H2,1-3H3,(H2,21,24)(H,22,25)/t13-/m1/s1. The lowest BCUT2D eigenvalue weighted by Gasteiger charge is -2.16. The van der Waals surface area contributed by atoms with E-state index in [-0.39, 0.29) is 11.3 Å². The first-order chi connectivity index (χ1) is 13.3. The van der Waals surface area contributed by atoms with Crippen molar-refractivity contribution < 1.29 is 28.6 Å². The Morgan fingerprint density at radius 2 is 1.82 bits per heavy atom. The molecule has 8 nitrogen and oxygen atoms in total. The fourth-order valence-corrected chi connectivity index (χ4v) is 2.37. The minimum absolute atomic E-state index is 0.146. The Morgan fingerprint density at radius 3 is 2.50 bits per heavy atom. The van der Waals surface area contributed by atoms with Crippen LogP contribution >= 0.6 is 0 Å². The van der Waals surface area contributed by atoms with Crippen LogP contribution in [-0.2, 0) is 14.3 Å². The SMILES string of the molecule is COc1ccc(C)cc1NC(=O)[C@@H](C)OC(=O)COc1ccccc1C(N)=O. The van der Waals surface area contributed by atoms with E-state index in [2.05, 4.69) is 5.32 Å². The summed E-state index contributed by atoms with van der Waals surface area (Å²) in [7, 11) is 1.49. The molecule has 0 unspecified atom stereocenters. The molecule has 0 aromatic heterocycles. The van der Waals surface area contributed by atoms with Gasteiger partial charge in [-0.05, 0) is 43.7 Å². The molecule has 0 aliphatic heterocycles. The molecular weight excluding hydrogens is 364 g/mol. The van der Waals surface area contributed by atoms with Gasteiger partial charge in [0.15, 0.2) is 12.7 Å². The molecule has 0 saturated carbocycles. The molecule has 2 aromatic rings. The second-order valence-corrected chi connectivity index (χ2v) is 5.97. The maximum atomic E-state index is 12.3. The van der Waals surface area contributed by atoms with Gasteiger partial charge in [0.05, 0.1) is 18.4 Å². The van der Waals surface area contributed by atoms with Crippen molar-refractivity contribution in [2.75, 3.05) is 19.0 Å². The topological polar surface area (TPSA) is 117 Å². The van der Waals surface area contributed by atoms with E-state index in [1.807, 2.05) is 13.0 Å². The molecule has 3 N–H and O–H groups in total. The Bertz CT molecular complexity index is 881. The van der Waals surface area contributed by atoms with Crippen LogP contribution in [0.2, 0.25) is 0 Å². The van der Waals surface area contributed by atoms with Crippen molar-refractivity contribution in [2.24, 2.45) is 5.73 Å². The van der Waals surface area contributed by atoms with Gasteiger partial charge in [-0.3, -0.25) is 9.59 Å². The summed E-state index contributed by atoms with van der Waals surface area (Å²) >= 11 is 0. The number of carbonyl (C=O) groups excluding carboxylic acids is 3. The Labute approximate surface area is 162 Å².